The van der Waals surface area contributed by atoms with E-state index in [0.29, 0.717) is 11.6 Å². The lowest BCUT2D eigenvalue weighted by molar-refractivity contribution is 0.580. The van der Waals surface area contributed by atoms with E-state index in [1.54, 1.807) is 6.26 Å². The average molecular weight is 287 g/mol. The molecule has 0 saturated carbocycles. The second-order valence-electron chi connectivity index (χ2n) is 3.10. The molecule has 78 valence electrons. The number of halogens is 2. The van der Waals surface area contributed by atoms with E-state index in [1.807, 2.05) is 24.3 Å². The smallest absolute Gasteiger partial charge is 0.148 e. The van der Waals surface area contributed by atoms with E-state index in [-0.39, 0.29) is 0 Å². The summed E-state index contributed by atoms with van der Waals surface area (Å²) in [5.41, 5.74) is 7.60. The number of benzene rings is 1. The van der Waals surface area contributed by atoms with Crippen molar-refractivity contribution < 1.29 is 4.42 Å². The fraction of sp³-hybridized carbons (Fsp3) is 0.0909. The molecule has 4 heteroatoms. The molecule has 0 fully saturated rings. The minimum atomic E-state index is 0.434. The fourth-order valence-electron chi connectivity index (χ4n) is 1.44. The minimum Gasteiger partial charge on any atom is -0.463 e. The Balaban J connectivity index is 2.58. The third-order valence-electron chi connectivity index (χ3n) is 2.15. The molecule has 0 aliphatic carbocycles. The summed E-state index contributed by atoms with van der Waals surface area (Å²) >= 11 is 9.32. The van der Waals surface area contributed by atoms with Crippen LogP contribution in [0.4, 0.5) is 0 Å². The van der Waals surface area contributed by atoms with E-state index in [9.17, 15) is 0 Å². The van der Waals surface area contributed by atoms with Gasteiger partial charge in [-0.1, -0.05) is 11.6 Å². The van der Waals surface area contributed by atoms with Crippen LogP contribution in [0.1, 0.15) is 5.56 Å². The highest BCUT2D eigenvalue weighted by molar-refractivity contribution is 9.10. The van der Waals surface area contributed by atoms with Crippen molar-refractivity contribution in [2.24, 2.45) is 5.73 Å². The largest absolute Gasteiger partial charge is 0.463 e. The van der Waals surface area contributed by atoms with Crippen molar-refractivity contribution in [3.05, 3.63) is 45.6 Å². The standard InChI is InChI=1S/C11H9BrClNO/c12-10-3-4-15-11(10)9-2-1-8(13)5-7(9)6-14/h1-5H,6,14H2. The van der Waals surface area contributed by atoms with E-state index in [2.05, 4.69) is 15.9 Å². The first-order valence-electron chi connectivity index (χ1n) is 4.44. The molecule has 0 radical (unpaired) electrons. The summed E-state index contributed by atoms with van der Waals surface area (Å²) in [6.45, 7) is 0.434. The monoisotopic (exact) mass is 285 g/mol. The summed E-state index contributed by atoms with van der Waals surface area (Å²) in [5.74, 6) is 0.784. The lowest BCUT2D eigenvalue weighted by atomic mass is 10.1. The molecule has 0 saturated heterocycles. The number of rotatable bonds is 2. The Morgan fingerprint density at radius 3 is 2.73 bits per heavy atom. The van der Waals surface area contributed by atoms with Crippen LogP contribution in [0.3, 0.4) is 0 Å². The lowest BCUT2D eigenvalue weighted by Gasteiger charge is -2.06. The first kappa shape index (κ1) is 10.7. The summed E-state index contributed by atoms with van der Waals surface area (Å²) in [7, 11) is 0. The third-order valence-corrected chi connectivity index (χ3v) is 3.01. The van der Waals surface area contributed by atoms with Gasteiger partial charge < -0.3 is 10.2 Å². The molecule has 2 rings (SSSR count). The van der Waals surface area contributed by atoms with Crippen molar-refractivity contribution in [2.75, 3.05) is 0 Å². The van der Waals surface area contributed by atoms with Gasteiger partial charge in [-0.3, -0.25) is 0 Å². The Hall–Kier alpha value is -0.770. The Bertz CT molecular complexity index is 481. The molecule has 0 unspecified atom stereocenters. The molecular weight excluding hydrogens is 277 g/mol. The van der Waals surface area contributed by atoms with Gasteiger partial charge in [0, 0.05) is 17.1 Å². The number of hydrogen-bond acceptors (Lipinski definition) is 2. The summed E-state index contributed by atoms with van der Waals surface area (Å²) in [6, 6.07) is 7.44. The average Bonchev–Trinajstić information content (AvgIpc) is 2.64. The molecule has 0 bridgehead atoms. The Morgan fingerprint density at radius 2 is 2.13 bits per heavy atom. The molecule has 0 spiro atoms. The van der Waals surface area contributed by atoms with Crippen molar-refractivity contribution in [3.8, 4) is 11.3 Å². The van der Waals surface area contributed by atoms with E-state index in [4.69, 9.17) is 21.8 Å². The summed E-state index contributed by atoms with van der Waals surface area (Å²) < 4.78 is 6.30. The van der Waals surface area contributed by atoms with Crippen molar-refractivity contribution in [3.63, 3.8) is 0 Å². The Morgan fingerprint density at radius 1 is 1.33 bits per heavy atom. The molecule has 1 heterocycles. The van der Waals surface area contributed by atoms with Crippen LogP contribution in [0, 0.1) is 0 Å². The van der Waals surface area contributed by atoms with E-state index >= 15 is 0 Å². The number of nitrogens with two attached hydrogens (primary N) is 1. The second kappa shape index (κ2) is 4.39. The molecule has 2 aromatic rings. The van der Waals surface area contributed by atoms with Crippen LogP contribution in [0.5, 0.6) is 0 Å². The molecule has 1 aromatic carbocycles. The number of furan rings is 1. The van der Waals surface area contributed by atoms with Crippen LogP contribution in [-0.4, -0.2) is 0 Å². The summed E-state index contributed by atoms with van der Waals surface area (Å²) in [4.78, 5) is 0. The fourth-order valence-corrected chi connectivity index (χ4v) is 2.05. The maximum Gasteiger partial charge on any atom is 0.148 e. The second-order valence-corrected chi connectivity index (χ2v) is 4.39. The highest BCUT2D eigenvalue weighted by Crippen LogP contribution is 2.32. The van der Waals surface area contributed by atoms with E-state index < -0.39 is 0 Å². The molecular formula is C11H9BrClNO. The zero-order valence-electron chi connectivity index (χ0n) is 7.84. The SMILES string of the molecule is NCc1cc(Cl)ccc1-c1occc1Br. The van der Waals surface area contributed by atoms with Gasteiger partial charge in [-0.05, 0) is 45.8 Å². The molecule has 0 aliphatic heterocycles. The third kappa shape index (κ3) is 2.09. The van der Waals surface area contributed by atoms with Gasteiger partial charge in [-0.2, -0.15) is 0 Å². The van der Waals surface area contributed by atoms with Crippen LogP contribution >= 0.6 is 27.5 Å². The van der Waals surface area contributed by atoms with Gasteiger partial charge in [0.2, 0.25) is 0 Å². The zero-order valence-corrected chi connectivity index (χ0v) is 10.2. The van der Waals surface area contributed by atoms with Crippen LogP contribution in [-0.2, 0) is 6.54 Å². The maximum atomic E-state index is 5.90. The quantitative estimate of drug-likeness (QED) is 0.911. The van der Waals surface area contributed by atoms with Crippen molar-refractivity contribution >= 4 is 27.5 Å². The highest BCUT2D eigenvalue weighted by Gasteiger charge is 2.10. The molecule has 2 nitrogen and oxygen atoms in total. The van der Waals surface area contributed by atoms with Gasteiger partial charge >= 0.3 is 0 Å². The summed E-state index contributed by atoms with van der Waals surface area (Å²) in [6.07, 6.45) is 1.63. The minimum absolute atomic E-state index is 0.434. The van der Waals surface area contributed by atoms with Crippen LogP contribution in [0.25, 0.3) is 11.3 Å². The van der Waals surface area contributed by atoms with Gasteiger partial charge in [0.15, 0.2) is 0 Å². The zero-order chi connectivity index (χ0) is 10.8. The van der Waals surface area contributed by atoms with E-state index in [0.717, 1.165) is 21.4 Å². The van der Waals surface area contributed by atoms with Crippen LogP contribution in [0.2, 0.25) is 5.02 Å². The highest BCUT2D eigenvalue weighted by atomic mass is 79.9. The van der Waals surface area contributed by atoms with Crippen molar-refractivity contribution in [1.29, 1.82) is 0 Å². The Labute approximate surface area is 101 Å². The summed E-state index contributed by atoms with van der Waals surface area (Å²) in [5, 5.41) is 0.682. The predicted molar refractivity (Wildman–Crippen MR) is 64.7 cm³/mol. The molecule has 15 heavy (non-hydrogen) atoms. The van der Waals surface area contributed by atoms with Gasteiger partial charge in [0.05, 0.1) is 10.7 Å². The lowest BCUT2D eigenvalue weighted by Crippen LogP contribution is -1.98. The van der Waals surface area contributed by atoms with Gasteiger partial charge in [-0.25, -0.2) is 0 Å². The molecule has 0 amide bonds. The number of hydrogen-bond donors (Lipinski definition) is 1. The van der Waals surface area contributed by atoms with Crippen LogP contribution in [0.15, 0.2) is 39.4 Å². The normalized spacial score (nSPS) is 10.6. The molecule has 0 aliphatic rings. The first-order chi connectivity index (χ1) is 7.22. The van der Waals surface area contributed by atoms with Crippen LogP contribution < -0.4 is 5.73 Å². The maximum absolute atomic E-state index is 5.90. The molecule has 2 N–H and O–H groups in total. The van der Waals surface area contributed by atoms with E-state index in [1.165, 1.54) is 0 Å². The first-order valence-corrected chi connectivity index (χ1v) is 5.61. The predicted octanol–water partition coefficient (Wildman–Crippen LogP) is 3.82. The van der Waals surface area contributed by atoms with Gasteiger partial charge in [0.25, 0.3) is 0 Å². The van der Waals surface area contributed by atoms with Gasteiger partial charge in [0.1, 0.15) is 5.76 Å². The molecule has 1 aromatic heterocycles. The van der Waals surface area contributed by atoms with Gasteiger partial charge in [-0.15, -0.1) is 0 Å². The Kier molecular flexibility index (Phi) is 3.14. The van der Waals surface area contributed by atoms with Crippen molar-refractivity contribution in [2.45, 2.75) is 6.54 Å². The molecule has 0 atom stereocenters. The van der Waals surface area contributed by atoms with Crippen molar-refractivity contribution in [1.82, 2.24) is 0 Å². The topological polar surface area (TPSA) is 39.2 Å².